The van der Waals surface area contributed by atoms with Crippen LogP contribution in [0.25, 0.3) is 33.6 Å². The first-order valence-corrected chi connectivity index (χ1v) is 22.5. The summed E-state index contributed by atoms with van der Waals surface area (Å²) in [6.45, 7) is 7.41. The Kier molecular flexibility index (Phi) is 7.89. The van der Waals surface area contributed by atoms with Gasteiger partial charge in [-0.05, 0) is 88.2 Å². The van der Waals surface area contributed by atoms with Gasteiger partial charge in [-0.3, -0.25) is 9.97 Å². The van der Waals surface area contributed by atoms with Crippen molar-refractivity contribution in [1.29, 1.82) is 0 Å². The molecule has 8 aromatic rings. The predicted octanol–water partition coefficient (Wildman–Crippen LogP) is 10.1. The van der Waals surface area contributed by atoms with Crippen molar-refractivity contribution in [2.24, 2.45) is 0 Å². The molecule has 6 heteroatoms. The summed E-state index contributed by atoms with van der Waals surface area (Å²) >= 11 is 0. The predicted molar refractivity (Wildman–Crippen MR) is 235 cm³/mol. The van der Waals surface area contributed by atoms with Gasteiger partial charge in [-0.15, -0.1) is 0 Å². The second-order valence-corrected chi connectivity index (χ2v) is 20.5. The molecule has 0 N–H and O–H groups in total. The molecular formula is C49H39BN4Si. The second-order valence-electron chi connectivity index (χ2n) is 15.4. The fourth-order valence-corrected chi connectivity index (χ4v) is 9.67. The third-order valence-corrected chi connectivity index (χ3v) is 13.1. The number of hydrogen-bond donors (Lipinski definition) is 0. The monoisotopic (exact) mass is 722 g/mol. The first-order chi connectivity index (χ1) is 27.0. The number of benzene rings is 6. The Morgan fingerprint density at radius 2 is 0.927 bits per heavy atom. The van der Waals surface area contributed by atoms with Crippen LogP contribution in [-0.4, -0.2) is 24.8 Å². The van der Waals surface area contributed by atoms with Gasteiger partial charge in [0.15, 0.2) is 0 Å². The zero-order valence-electron chi connectivity index (χ0n) is 31.2. The molecule has 10 rings (SSSR count). The highest BCUT2D eigenvalue weighted by Gasteiger charge is 2.44. The molecule has 6 aromatic carbocycles. The van der Waals surface area contributed by atoms with E-state index in [-0.39, 0.29) is 6.71 Å². The summed E-state index contributed by atoms with van der Waals surface area (Å²) in [6, 6.07) is 61.6. The van der Waals surface area contributed by atoms with Crippen molar-refractivity contribution in [1.82, 2.24) is 9.97 Å². The van der Waals surface area contributed by atoms with Crippen molar-refractivity contribution in [2.75, 3.05) is 9.80 Å². The maximum atomic E-state index is 5.01. The molecule has 0 unspecified atom stereocenters. The number of rotatable bonds is 6. The van der Waals surface area contributed by atoms with E-state index in [1.807, 2.05) is 18.5 Å². The van der Waals surface area contributed by atoms with Crippen LogP contribution in [0.4, 0.5) is 34.1 Å². The van der Waals surface area contributed by atoms with E-state index in [4.69, 9.17) is 9.97 Å². The van der Waals surface area contributed by atoms with Gasteiger partial charge in [0.05, 0.1) is 30.8 Å². The minimum absolute atomic E-state index is 0.0503. The summed E-state index contributed by atoms with van der Waals surface area (Å²) in [7, 11) is -1.86. The second kappa shape index (κ2) is 13.1. The van der Waals surface area contributed by atoms with E-state index in [0.29, 0.717) is 0 Å². The van der Waals surface area contributed by atoms with E-state index >= 15 is 0 Å². The Bertz CT molecular complexity index is 2730. The smallest absolute Gasteiger partial charge is 0.252 e. The van der Waals surface area contributed by atoms with Gasteiger partial charge in [0.2, 0.25) is 0 Å². The Morgan fingerprint density at radius 1 is 0.418 bits per heavy atom. The molecule has 4 heterocycles. The lowest BCUT2D eigenvalue weighted by molar-refractivity contribution is 1.24. The minimum atomic E-state index is -1.86. The summed E-state index contributed by atoms with van der Waals surface area (Å²) in [6.07, 6.45) is 3.83. The maximum absolute atomic E-state index is 5.01. The average molecular weight is 723 g/mol. The minimum Gasteiger partial charge on any atom is -0.311 e. The third kappa shape index (κ3) is 5.52. The number of anilines is 6. The zero-order valence-corrected chi connectivity index (χ0v) is 32.2. The molecule has 0 saturated heterocycles. The summed E-state index contributed by atoms with van der Waals surface area (Å²) in [4.78, 5) is 14.9. The average Bonchev–Trinajstić information content (AvgIpc) is 3.24. The van der Waals surface area contributed by atoms with Crippen molar-refractivity contribution in [2.45, 2.75) is 19.6 Å². The van der Waals surface area contributed by atoms with Gasteiger partial charge in [-0.25, -0.2) is 0 Å². The Hall–Kier alpha value is -6.50. The van der Waals surface area contributed by atoms with Crippen LogP contribution in [0, 0.1) is 0 Å². The van der Waals surface area contributed by atoms with Gasteiger partial charge in [-0.2, -0.15) is 0 Å². The van der Waals surface area contributed by atoms with Crippen LogP contribution in [0.15, 0.2) is 182 Å². The van der Waals surface area contributed by atoms with Crippen LogP contribution in [0.2, 0.25) is 19.6 Å². The first-order valence-electron chi connectivity index (χ1n) is 19.0. The van der Waals surface area contributed by atoms with E-state index in [1.54, 1.807) is 0 Å². The quantitative estimate of drug-likeness (QED) is 0.160. The van der Waals surface area contributed by atoms with E-state index in [2.05, 4.69) is 193 Å². The Balaban J connectivity index is 1.27. The van der Waals surface area contributed by atoms with Crippen LogP contribution in [0.3, 0.4) is 0 Å². The van der Waals surface area contributed by atoms with Gasteiger partial charge < -0.3 is 9.80 Å². The Labute approximate surface area is 324 Å². The molecule has 0 aliphatic carbocycles. The lowest BCUT2D eigenvalue weighted by Gasteiger charge is -2.45. The highest BCUT2D eigenvalue weighted by molar-refractivity contribution is 7.00. The molecule has 2 aliphatic rings. The van der Waals surface area contributed by atoms with Crippen LogP contribution in [0.5, 0.6) is 0 Å². The number of pyridine rings is 2. The number of para-hydroxylation sites is 4. The van der Waals surface area contributed by atoms with E-state index < -0.39 is 8.07 Å². The zero-order chi connectivity index (χ0) is 37.1. The molecule has 4 nitrogen and oxygen atoms in total. The molecule has 0 radical (unpaired) electrons. The van der Waals surface area contributed by atoms with Gasteiger partial charge >= 0.3 is 0 Å². The lowest BCUT2D eigenvalue weighted by atomic mass is 9.33. The Morgan fingerprint density at radius 3 is 1.51 bits per heavy atom. The van der Waals surface area contributed by atoms with Crippen LogP contribution in [-0.2, 0) is 0 Å². The molecule has 0 bridgehead atoms. The topological polar surface area (TPSA) is 32.3 Å². The summed E-state index contributed by atoms with van der Waals surface area (Å²) < 4.78 is 0. The van der Waals surface area contributed by atoms with E-state index in [0.717, 1.165) is 39.5 Å². The molecule has 2 aromatic heterocycles. The molecule has 0 fully saturated rings. The van der Waals surface area contributed by atoms with Crippen molar-refractivity contribution in [3.8, 4) is 33.6 Å². The first kappa shape index (κ1) is 33.1. The van der Waals surface area contributed by atoms with E-state index in [1.165, 1.54) is 49.9 Å². The van der Waals surface area contributed by atoms with E-state index in [9.17, 15) is 0 Å². The van der Waals surface area contributed by atoms with Gasteiger partial charge in [0, 0.05) is 46.3 Å². The normalized spacial score (nSPS) is 12.9. The van der Waals surface area contributed by atoms with Crippen molar-refractivity contribution >= 4 is 70.5 Å². The van der Waals surface area contributed by atoms with Crippen LogP contribution in [0.1, 0.15) is 0 Å². The molecule has 55 heavy (non-hydrogen) atoms. The summed E-state index contributed by atoms with van der Waals surface area (Å²) in [5.74, 6) is 0. The molecule has 262 valence electrons. The molecule has 0 amide bonds. The SMILES string of the molecule is C[Si](C)(C)c1cc2c3c(c1)N(c1ccccc1-c1cc(-c4ccccc4)ccn1)c1ccccc1B3c1ccccc1N2c1ccccc1-c1ccccn1. The highest BCUT2D eigenvalue weighted by atomic mass is 28.3. The largest absolute Gasteiger partial charge is 0.311 e. The van der Waals surface area contributed by atoms with Gasteiger partial charge in [-0.1, -0.05) is 134 Å². The third-order valence-electron chi connectivity index (χ3n) is 11.1. The molecule has 0 atom stereocenters. The van der Waals surface area contributed by atoms with Gasteiger partial charge in [0.1, 0.15) is 0 Å². The maximum Gasteiger partial charge on any atom is 0.252 e. The van der Waals surface area contributed by atoms with Gasteiger partial charge in [0.25, 0.3) is 6.71 Å². The van der Waals surface area contributed by atoms with Crippen molar-refractivity contribution in [3.63, 3.8) is 0 Å². The van der Waals surface area contributed by atoms with Crippen molar-refractivity contribution < 1.29 is 0 Å². The fraction of sp³-hybridized carbons (Fsp3) is 0.0612. The van der Waals surface area contributed by atoms with Crippen LogP contribution < -0.4 is 31.4 Å². The lowest BCUT2D eigenvalue weighted by Crippen LogP contribution is -2.62. The number of aromatic nitrogens is 2. The summed E-state index contributed by atoms with van der Waals surface area (Å²) in [5, 5.41) is 1.41. The van der Waals surface area contributed by atoms with Crippen LogP contribution >= 0.6 is 0 Å². The highest BCUT2D eigenvalue weighted by Crippen LogP contribution is 2.47. The molecule has 0 saturated carbocycles. The standard InChI is InChI=1S/C49H39BN4Si/c1-55(2,3)36-32-47-49-48(33-36)54(44-25-12-8-20-38(44)42-31-35(28-30-52-42)34-17-5-4-6-18-34)46-27-14-10-22-40(46)50(49)39-21-9-13-26-45(39)53(47)43-24-11-7-19-37(43)41-23-15-16-29-51-41/h4-33H,1-3H3. The number of nitrogens with zero attached hydrogens (tertiary/aromatic N) is 4. The van der Waals surface area contributed by atoms with Crippen molar-refractivity contribution in [3.05, 3.63) is 182 Å². The fourth-order valence-electron chi connectivity index (χ4n) is 8.53. The molecular weight excluding hydrogens is 683 g/mol. The molecule has 0 spiro atoms. The summed E-state index contributed by atoms with van der Waals surface area (Å²) in [5.41, 5.74) is 17.4. The molecule has 2 aliphatic heterocycles. The number of hydrogen-bond acceptors (Lipinski definition) is 4. The number of fused-ring (bicyclic) bond motifs is 4.